The van der Waals surface area contributed by atoms with Gasteiger partial charge in [0.2, 0.25) is 0 Å². The van der Waals surface area contributed by atoms with Gasteiger partial charge in [-0.15, -0.1) is 0 Å². The van der Waals surface area contributed by atoms with Crippen molar-refractivity contribution in [3.05, 3.63) is 46.7 Å². The van der Waals surface area contributed by atoms with Crippen LogP contribution in [0.4, 0.5) is 4.39 Å². The minimum Gasteiger partial charge on any atom is -0.507 e. The Morgan fingerprint density at radius 3 is 2.80 bits per heavy atom. The maximum Gasteiger partial charge on any atom is 0.151 e. The number of imidazole rings is 1. The van der Waals surface area contributed by atoms with E-state index in [-0.39, 0.29) is 11.6 Å². The number of fused-ring (bicyclic) bond motifs is 1. The lowest BCUT2D eigenvalue weighted by atomic mass is 10.2. The van der Waals surface area contributed by atoms with Crippen LogP contribution in [-0.2, 0) is 6.54 Å². The van der Waals surface area contributed by atoms with Gasteiger partial charge in [0.15, 0.2) is 5.82 Å². The highest BCUT2D eigenvalue weighted by atomic mass is 79.9. The lowest BCUT2D eigenvalue weighted by molar-refractivity contribution is 0.476. The third-order valence-electron chi connectivity index (χ3n) is 3.25. The molecule has 0 fully saturated rings. The van der Waals surface area contributed by atoms with Gasteiger partial charge < -0.3 is 9.67 Å². The summed E-state index contributed by atoms with van der Waals surface area (Å²) in [6, 6.07) is 10.1. The fraction of sp³-hybridized carbons (Fsp3) is 0.133. The molecule has 3 aromatic rings. The topological polar surface area (TPSA) is 38.0 Å². The van der Waals surface area contributed by atoms with Gasteiger partial charge >= 0.3 is 0 Å². The first-order valence-electron chi connectivity index (χ1n) is 6.25. The van der Waals surface area contributed by atoms with E-state index in [2.05, 4.69) is 20.9 Å². The second kappa shape index (κ2) is 4.90. The van der Waals surface area contributed by atoms with E-state index >= 15 is 0 Å². The number of halogens is 2. The molecule has 0 saturated carbocycles. The van der Waals surface area contributed by atoms with E-state index in [1.54, 1.807) is 18.2 Å². The number of phenols is 1. The molecule has 0 saturated heterocycles. The van der Waals surface area contributed by atoms with Crippen molar-refractivity contribution >= 4 is 27.0 Å². The Morgan fingerprint density at radius 1 is 1.30 bits per heavy atom. The van der Waals surface area contributed by atoms with Crippen molar-refractivity contribution < 1.29 is 9.50 Å². The van der Waals surface area contributed by atoms with Crippen molar-refractivity contribution in [3.63, 3.8) is 0 Å². The number of phenolic OH excluding ortho intramolecular Hbond substituents is 1. The predicted molar refractivity (Wildman–Crippen MR) is 80.2 cm³/mol. The van der Waals surface area contributed by atoms with E-state index in [0.717, 1.165) is 9.99 Å². The van der Waals surface area contributed by atoms with Crippen molar-refractivity contribution in [2.24, 2.45) is 0 Å². The lowest BCUT2D eigenvalue weighted by Gasteiger charge is -2.08. The number of nitrogens with zero attached hydrogens (tertiary/aromatic N) is 2. The zero-order chi connectivity index (χ0) is 14.3. The summed E-state index contributed by atoms with van der Waals surface area (Å²) in [5.41, 5.74) is 1.64. The maximum atomic E-state index is 13.9. The molecule has 1 aromatic heterocycles. The molecule has 0 aliphatic carbocycles. The average molecular weight is 335 g/mol. The Labute approximate surface area is 123 Å². The number of rotatable bonds is 2. The van der Waals surface area contributed by atoms with Gasteiger partial charge in [0.25, 0.3) is 0 Å². The summed E-state index contributed by atoms with van der Waals surface area (Å²) in [7, 11) is 0. The highest BCUT2D eigenvalue weighted by molar-refractivity contribution is 9.10. The number of aromatic nitrogens is 2. The van der Waals surface area contributed by atoms with Crippen LogP contribution in [-0.4, -0.2) is 14.7 Å². The summed E-state index contributed by atoms with van der Waals surface area (Å²) >= 11 is 3.30. The van der Waals surface area contributed by atoms with Gasteiger partial charge in [0, 0.05) is 11.0 Å². The Morgan fingerprint density at radius 2 is 2.10 bits per heavy atom. The summed E-state index contributed by atoms with van der Waals surface area (Å²) in [5.74, 6) is 0.329. The normalized spacial score (nSPS) is 11.2. The second-order valence-electron chi connectivity index (χ2n) is 4.45. The first-order chi connectivity index (χ1) is 9.61. The third kappa shape index (κ3) is 1.98. The van der Waals surface area contributed by atoms with Crippen LogP contribution in [0.15, 0.2) is 40.9 Å². The van der Waals surface area contributed by atoms with E-state index in [4.69, 9.17) is 0 Å². The SMILES string of the molecule is CCn1c(-c2ccc(Br)cc2O)nc2c(F)cccc21. The summed E-state index contributed by atoms with van der Waals surface area (Å²) in [6.45, 7) is 2.61. The average Bonchev–Trinajstić information content (AvgIpc) is 2.78. The third-order valence-corrected chi connectivity index (χ3v) is 3.74. The van der Waals surface area contributed by atoms with Crippen molar-refractivity contribution in [2.75, 3.05) is 0 Å². The number of hydrogen-bond acceptors (Lipinski definition) is 2. The van der Waals surface area contributed by atoms with Crippen LogP contribution < -0.4 is 0 Å². The summed E-state index contributed by atoms with van der Waals surface area (Å²) in [5, 5.41) is 10.1. The molecular weight excluding hydrogens is 323 g/mol. The second-order valence-corrected chi connectivity index (χ2v) is 5.36. The zero-order valence-electron chi connectivity index (χ0n) is 10.8. The largest absolute Gasteiger partial charge is 0.507 e. The van der Waals surface area contributed by atoms with Crippen LogP contribution in [0.2, 0.25) is 0 Å². The summed E-state index contributed by atoms with van der Waals surface area (Å²) < 4.78 is 16.5. The molecule has 0 spiro atoms. The fourth-order valence-electron chi connectivity index (χ4n) is 2.33. The summed E-state index contributed by atoms with van der Waals surface area (Å²) in [6.07, 6.45) is 0. The molecule has 2 aromatic carbocycles. The van der Waals surface area contributed by atoms with Gasteiger partial charge in [-0.25, -0.2) is 9.37 Å². The van der Waals surface area contributed by atoms with Crippen molar-refractivity contribution in [1.29, 1.82) is 0 Å². The first kappa shape index (κ1) is 13.1. The molecule has 0 bridgehead atoms. The number of aromatic hydroxyl groups is 1. The Kier molecular flexibility index (Phi) is 3.22. The van der Waals surface area contributed by atoms with Gasteiger partial charge in [-0.2, -0.15) is 0 Å². The predicted octanol–water partition coefficient (Wildman–Crippen LogP) is 4.33. The molecule has 102 valence electrons. The van der Waals surface area contributed by atoms with Crippen LogP contribution in [0.1, 0.15) is 6.92 Å². The Hall–Kier alpha value is -1.88. The van der Waals surface area contributed by atoms with Crippen LogP contribution in [0.25, 0.3) is 22.4 Å². The quantitative estimate of drug-likeness (QED) is 0.757. The fourth-order valence-corrected chi connectivity index (χ4v) is 2.68. The van der Waals surface area contributed by atoms with Gasteiger partial charge in [-0.1, -0.05) is 22.0 Å². The van der Waals surface area contributed by atoms with E-state index in [1.165, 1.54) is 6.07 Å². The molecule has 1 heterocycles. The van der Waals surface area contributed by atoms with Crippen LogP contribution >= 0.6 is 15.9 Å². The van der Waals surface area contributed by atoms with Gasteiger partial charge in [-0.05, 0) is 37.3 Å². The van der Waals surface area contributed by atoms with Crippen LogP contribution in [0, 0.1) is 5.82 Å². The molecule has 3 nitrogen and oxygen atoms in total. The van der Waals surface area contributed by atoms with Crippen molar-refractivity contribution in [1.82, 2.24) is 9.55 Å². The molecule has 1 N–H and O–H groups in total. The molecule has 3 rings (SSSR count). The molecule has 20 heavy (non-hydrogen) atoms. The zero-order valence-corrected chi connectivity index (χ0v) is 12.4. The Balaban J connectivity index is 2.33. The number of aryl methyl sites for hydroxylation is 1. The maximum absolute atomic E-state index is 13.9. The Bertz CT molecular complexity index is 798. The molecule has 0 radical (unpaired) electrons. The standard InChI is InChI=1S/C15H12BrFN2O/c1-2-19-12-5-3-4-11(17)14(12)18-15(19)10-7-6-9(16)8-13(10)20/h3-8,20H,2H2,1H3. The first-order valence-corrected chi connectivity index (χ1v) is 7.04. The van der Waals surface area contributed by atoms with Gasteiger partial charge in [0.1, 0.15) is 17.1 Å². The van der Waals surface area contributed by atoms with Crippen LogP contribution in [0.5, 0.6) is 5.75 Å². The van der Waals surface area contributed by atoms with E-state index in [9.17, 15) is 9.50 Å². The smallest absolute Gasteiger partial charge is 0.151 e. The number of para-hydroxylation sites is 1. The highest BCUT2D eigenvalue weighted by Gasteiger charge is 2.16. The highest BCUT2D eigenvalue weighted by Crippen LogP contribution is 2.33. The molecule has 0 aliphatic heterocycles. The van der Waals surface area contributed by atoms with E-state index in [1.807, 2.05) is 23.6 Å². The number of hydrogen-bond donors (Lipinski definition) is 1. The molecule has 5 heteroatoms. The van der Waals surface area contributed by atoms with Crippen molar-refractivity contribution in [2.45, 2.75) is 13.5 Å². The number of benzene rings is 2. The molecule has 0 atom stereocenters. The minimum absolute atomic E-state index is 0.116. The summed E-state index contributed by atoms with van der Waals surface area (Å²) in [4.78, 5) is 4.36. The van der Waals surface area contributed by atoms with Crippen molar-refractivity contribution in [3.8, 4) is 17.1 Å². The minimum atomic E-state index is -0.354. The van der Waals surface area contributed by atoms with Gasteiger partial charge in [-0.3, -0.25) is 0 Å². The van der Waals surface area contributed by atoms with Gasteiger partial charge in [0.05, 0.1) is 11.1 Å². The molecule has 0 unspecified atom stereocenters. The van der Waals surface area contributed by atoms with E-state index in [0.29, 0.717) is 23.4 Å². The lowest BCUT2D eigenvalue weighted by Crippen LogP contribution is -1.97. The molecule has 0 aliphatic rings. The van der Waals surface area contributed by atoms with E-state index < -0.39 is 0 Å². The molecule has 0 amide bonds. The van der Waals surface area contributed by atoms with Crippen LogP contribution in [0.3, 0.4) is 0 Å². The molecular formula is C15H12BrFN2O. The monoisotopic (exact) mass is 334 g/mol.